The highest BCUT2D eigenvalue weighted by Gasteiger charge is 2.17. The van der Waals surface area contributed by atoms with Crippen molar-refractivity contribution in [2.24, 2.45) is 0 Å². The first-order valence-electron chi connectivity index (χ1n) is 6.62. The van der Waals surface area contributed by atoms with E-state index < -0.39 is 0 Å². The average molecular weight is 361 g/mol. The first kappa shape index (κ1) is 15.8. The summed E-state index contributed by atoms with van der Waals surface area (Å²) in [6.07, 6.45) is 0. The maximum absolute atomic E-state index is 9.50. The van der Waals surface area contributed by atoms with Crippen LogP contribution in [0.5, 0.6) is 5.88 Å². The number of hydrogen-bond acceptors (Lipinski definition) is 4. The van der Waals surface area contributed by atoms with E-state index in [2.05, 4.69) is 11.1 Å². The zero-order chi connectivity index (χ0) is 16.4. The number of pyridine rings is 1. The van der Waals surface area contributed by atoms with Crippen molar-refractivity contribution in [3.63, 3.8) is 0 Å². The topological polar surface area (TPSA) is 45.9 Å². The van der Waals surface area contributed by atoms with Gasteiger partial charge in [0.05, 0.1) is 22.7 Å². The van der Waals surface area contributed by atoms with E-state index in [4.69, 9.17) is 27.9 Å². The minimum absolute atomic E-state index is 0.277. The summed E-state index contributed by atoms with van der Waals surface area (Å²) in [4.78, 5) is 5.26. The molecule has 2 aromatic heterocycles. The quantitative estimate of drug-likeness (QED) is 0.604. The van der Waals surface area contributed by atoms with Crippen LogP contribution < -0.4 is 4.74 Å². The number of ether oxygens (including phenoxy) is 1. The number of nitrogens with zero attached hydrogens (tertiary/aromatic N) is 2. The summed E-state index contributed by atoms with van der Waals surface area (Å²) in [6, 6.07) is 13.1. The SMILES string of the molecule is COc1nc(-c2sccc2Cl)cc(-c2ccc(Cl)cc2)c1C#N. The molecule has 1 aromatic carbocycles. The van der Waals surface area contributed by atoms with Crippen LogP contribution in [0.1, 0.15) is 5.56 Å². The van der Waals surface area contributed by atoms with Gasteiger partial charge in [-0.3, -0.25) is 0 Å². The van der Waals surface area contributed by atoms with Gasteiger partial charge < -0.3 is 4.74 Å². The first-order valence-corrected chi connectivity index (χ1v) is 8.26. The Morgan fingerprint density at radius 2 is 1.91 bits per heavy atom. The van der Waals surface area contributed by atoms with E-state index in [1.807, 2.05) is 29.6 Å². The minimum atomic E-state index is 0.277. The van der Waals surface area contributed by atoms with Crippen LogP contribution in [0.4, 0.5) is 0 Å². The van der Waals surface area contributed by atoms with E-state index in [1.165, 1.54) is 18.4 Å². The molecule has 0 aliphatic rings. The van der Waals surface area contributed by atoms with Crippen molar-refractivity contribution in [3.05, 3.63) is 57.4 Å². The van der Waals surface area contributed by atoms with Gasteiger partial charge in [-0.2, -0.15) is 5.26 Å². The maximum Gasteiger partial charge on any atom is 0.232 e. The van der Waals surface area contributed by atoms with E-state index in [-0.39, 0.29) is 5.88 Å². The Kier molecular flexibility index (Phi) is 4.53. The molecule has 23 heavy (non-hydrogen) atoms. The molecule has 0 unspecified atom stereocenters. The first-order chi connectivity index (χ1) is 11.1. The molecule has 2 heterocycles. The lowest BCUT2D eigenvalue weighted by Gasteiger charge is -2.11. The predicted molar refractivity (Wildman–Crippen MR) is 94.3 cm³/mol. The van der Waals surface area contributed by atoms with Gasteiger partial charge >= 0.3 is 0 Å². The van der Waals surface area contributed by atoms with Crippen LogP contribution in [0.3, 0.4) is 0 Å². The predicted octanol–water partition coefficient (Wildman–Crippen LogP) is 5.66. The second-order valence-electron chi connectivity index (χ2n) is 4.66. The molecule has 0 bridgehead atoms. The molecule has 3 rings (SSSR count). The van der Waals surface area contributed by atoms with Crippen LogP contribution in [0.25, 0.3) is 21.7 Å². The highest BCUT2D eigenvalue weighted by Crippen LogP contribution is 2.38. The highest BCUT2D eigenvalue weighted by molar-refractivity contribution is 7.14. The van der Waals surface area contributed by atoms with Gasteiger partial charge in [0.15, 0.2) is 0 Å². The second-order valence-corrected chi connectivity index (χ2v) is 6.42. The molecule has 3 nitrogen and oxygen atoms in total. The fourth-order valence-corrected chi connectivity index (χ4v) is 3.47. The zero-order valence-electron chi connectivity index (χ0n) is 12.0. The normalized spacial score (nSPS) is 10.3. The molecule has 3 aromatic rings. The van der Waals surface area contributed by atoms with Crippen molar-refractivity contribution in [1.29, 1.82) is 5.26 Å². The largest absolute Gasteiger partial charge is 0.480 e. The lowest BCUT2D eigenvalue weighted by atomic mass is 10.0. The van der Waals surface area contributed by atoms with Crippen LogP contribution in [0.15, 0.2) is 41.8 Å². The number of nitriles is 1. The molecule has 0 spiro atoms. The molecule has 0 aliphatic heterocycles. The Balaban J connectivity index is 2.27. The van der Waals surface area contributed by atoms with Gasteiger partial charge in [0.25, 0.3) is 0 Å². The van der Waals surface area contributed by atoms with E-state index in [0.29, 0.717) is 21.3 Å². The van der Waals surface area contributed by atoms with Gasteiger partial charge in [0.2, 0.25) is 5.88 Å². The smallest absolute Gasteiger partial charge is 0.232 e. The zero-order valence-corrected chi connectivity index (χ0v) is 14.3. The Morgan fingerprint density at radius 1 is 1.17 bits per heavy atom. The summed E-state index contributed by atoms with van der Waals surface area (Å²) in [5.74, 6) is 0.277. The number of thiophene rings is 1. The molecule has 0 amide bonds. The molecule has 0 aliphatic carbocycles. The molecule has 0 saturated heterocycles. The Hall–Kier alpha value is -2.06. The number of hydrogen-bond donors (Lipinski definition) is 0. The fourth-order valence-electron chi connectivity index (χ4n) is 2.23. The molecule has 0 fully saturated rings. The minimum Gasteiger partial charge on any atom is -0.480 e. The van der Waals surface area contributed by atoms with Crippen molar-refractivity contribution in [2.45, 2.75) is 0 Å². The summed E-state index contributed by atoms with van der Waals surface area (Å²) in [5, 5.41) is 12.7. The third kappa shape index (κ3) is 3.04. The Labute approximate surface area is 147 Å². The summed E-state index contributed by atoms with van der Waals surface area (Å²) >= 11 is 13.6. The van der Waals surface area contributed by atoms with Gasteiger partial charge in [-0.05, 0) is 35.2 Å². The van der Waals surface area contributed by atoms with Crippen LogP contribution >= 0.6 is 34.5 Å². The summed E-state index contributed by atoms with van der Waals surface area (Å²) in [5.41, 5.74) is 2.65. The standard InChI is InChI=1S/C17H10Cl2N2OS/c1-22-17-13(9-20)12(10-2-4-11(18)5-3-10)8-15(21-17)16-14(19)6-7-23-16/h2-8H,1H3. The summed E-state index contributed by atoms with van der Waals surface area (Å²) in [6.45, 7) is 0. The molecule has 114 valence electrons. The second kappa shape index (κ2) is 6.59. The third-order valence-electron chi connectivity index (χ3n) is 3.30. The number of halogens is 2. The molecular formula is C17H10Cl2N2OS. The highest BCUT2D eigenvalue weighted by atomic mass is 35.5. The third-order valence-corrected chi connectivity index (χ3v) is 4.91. The van der Waals surface area contributed by atoms with Crippen LogP contribution in [-0.2, 0) is 0 Å². The number of aromatic nitrogens is 1. The van der Waals surface area contributed by atoms with Crippen molar-refractivity contribution >= 4 is 34.5 Å². The monoisotopic (exact) mass is 360 g/mol. The Morgan fingerprint density at radius 3 is 2.48 bits per heavy atom. The van der Waals surface area contributed by atoms with E-state index >= 15 is 0 Å². The molecule has 0 radical (unpaired) electrons. The number of methoxy groups -OCH3 is 1. The van der Waals surface area contributed by atoms with Crippen LogP contribution in [0, 0.1) is 11.3 Å². The lowest BCUT2D eigenvalue weighted by Crippen LogP contribution is -1.97. The van der Waals surface area contributed by atoms with Gasteiger partial charge in [-0.25, -0.2) is 4.98 Å². The maximum atomic E-state index is 9.50. The van der Waals surface area contributed by atoms with Crippen molar-refractivity contribution in [2.75, 3.05) is 7.11 Å². The summed E-state index contributed by atoms with van der Waals surface area (Å²) in [7, 11) is 1.49. The molecule has 0 saturated carbocycles. The molecule has 6 heteroatoms. The van der Waals surface area contributed by atoms with Gasteiger partial charge in [0, 0.05) is 10.6 Å². The average Bonchev–Trinajstić information content (AvgIpc) is 3.00. The van der Waals surface area contributed by atoms with Crippen LogP contribution in [0.2, 0.25) is 10.0 Å². The molecule has 0 atom stereocenters. The van der Waals surface area contributed by atoms with E-state index in [9.17, 15) is 5.26 Å². The van der Waals surface area contributed by atoms with E-state index in [0.717, 1.165) is 16.0 Å². The number of benzene rings is 1. The molecule has 0 N–H and O–H groups in total. The lowest BCUT2D eigenvalue weighted by molar-refractivity contribution is 0.397. The van der Waals surface area contributed by atoms with Gasteiger partial charge in [-0.1, -0.05) is 35.3 Å². The van der Waals surface area contributed by atoms with Crippen molar-refractivity contribution < 1.29 is 4.74 Å². The Bertz CT molecular complexity index is 898. The van der Waals surface area contributed by atoms with E-state index in [1.54, 1.807) is 12.1 Å². The molecular weight excluding hydrogens is 351 g/mol. The van der Waals surface area contributed by atoms with Crippen molar-refractivity contribution in [3.8, 4) is 33.6 Å². The van der Waals surface area contributed by atoms with Crippen LogP contribution in [-0.4, -0.2) is 12.1 Å². The van der Waals surface area contributed by atoms with Gasteiger partial charge in [0.1, 0.15) is 11.6 Å². The van der Waals surface area contributed by atoms with Gasteiger partial charge in [-0.15, -0.1) is 11.3 Å². The number of rotatable bonds is 3. The van der Waals surface area contributed by atoms with Crippen molar-refractivity contribution in [1.82, 2.24) is 4.98 Å². The summed E-state index contributed by atoms with van der Waals surface area (Å²) < 4.78 is 5.30. The fraction of sp³-hybridized carbons (Fsp3) is 0.0588.